The summed E-state index contributed by atoms with van der Waals surface area (Å²) >= 11 is 0. The van der Waals surface area contributed by atoms with Crippen LogP contribution in [0.3, 0.4) is 0 Å². The van der Waals surface area contributed by atoms with Gasteiger partial charge in [-0.25, -0.2) is 0 Å². The van der Waals surface area contributed by atoms with Crippen molar-refractivity contribution in [3.8, 4) is 23.0 Å². The molecule has 0 saturated heterocycles. The standard InChI is InChI=1S/C47H48N2O6/c50-25-23-48-30-40-19-21-45(53-34-38-13-6-2-7-14-38)47(28-40)55-36-43-18-10-17-42(27-43)32-51-26-24-49-31-41-20-22-44(52-33-37-11-4-1-5-12-37)46(29-41)54-35-39-15-8-3-9-16-39/h1-22,27-30,49-50H,23-26,31-36H2. The predicted molar refractivity (Wildman–Crippen MR) is 217 cm³/mol. The third kappa shape index (κ3) is 13.2. The second kappa shape index (κ2) is 21.7. The summed E-state index contributed by atoms with van der Waals surface area (Å²) in [5, 5.41) is 12.6. The Kier molecular flexibility index (Phi) is 15.3. The first-order valence-electron chi connectivity index (χ1n) is 18.6. The minimum absolute atomic E-state index is 0.00197. The van der Waals surface area contributed by atoms with Crippen LogP contribution in [0.5, 0.6) is 23.0 Å². The summed E-state index contributed by atoms with van der Waals surface area (Å²) in [5.74, 6) is 2.71. The van der Waals surface area contributed by atoms with E-state index in [1.54, 1.807) is 6.21 Å². The molecule has 282 valence electrons. The fraction of sp³-hybridized carbons (Fsp3) is 0.213. The number of rotatable bonds is 22. The molecule has 0 aliphatic heterocycles. The van der Waals surface area contributed by atoms with Crippen LogP contribution in [0.15, 0.2) is 157 Å². The lowest BCUT2D eigenvalue weighted by atomic mass is 10.1. The number of aliphatic hydroxyl groups is 1. The molecule has 8 nitrogen and oxygen atoms in total. The van der Waals surface area contributed by atoms with E-state index in [4.69, 9.17) is 28.8 Å². The second-order valence-electron chi connectivity index (χ2n) is 12.9. The van der Waals surface area contributed by atoms with Crippen LogP contribution in [0, 0.1) is 0 Å². The zero-order valence-corrected chi connectivity index (χ0v) is 31.0. The Balaban J connectivity index is 0.977. The van der Waals surface area contributed by atoms with Crippen molar-refractivity contribution in [1.29, 1.82) is 0 Å². The number of hydrogen-bond donors (Lipinski definition) is 2. The largest absolute Gasteiger partial charge is 0.485 e. The molecular formula is C47H48N2O6. The van der Waals surface area contributed by atoms with Crippen LogP contribution in [0.2, 0.25) is 0 Å². The van der Waals surface area contributed by atoms with E-state index < -0.39 is 0 Å². The number of nitrogens with zero attached hydrogens (tertiary/aromatic N) is 1. The van der Waals surface area contributed by atoms with E-state index in [0.717, 1.165) is 44.7 Å². The lowest BCUT2D eigenvalue weighted by molar-refractivity contribution is 0.122. The maximum absolute atomic E-state index is 9.11. The molecule has 0 fully saturated rings. The highest BCUT2D eigenvalue weighted by Gasteiger charge is 2.10. The molecule has 0 radical (unpaired) electrons. The average molecular weight is 737 g/mol. The molecule has 0 unspecified atom stereocenters. The van der Waals surface area contributed by atoms with Gasteiger partial charge < -0.3 is 34.1 Å². The molecule has 0 spiro atoms. The van der Waals surface area contributed by atoms with E-state index in [9.17, 15) is 0 Å². The van der Waals surface area contributed by atoms with Gasteiger partial charge in [-0.2, -0.15) is 0 Å². The van der Waals surface area contributed by atoms with E-state index >= 15 is 0 Å². The first-order valence-corrected chi connectivity index (χ1v) is 18.6. The average Bonchev–Trinajstić information content (AvgIpc) is 3.24. The number of nitrogens with one attached hydrogen (secondary N) is 1. The highest BCUT2D eigenvalue weighted by Crippen LogP contribution is 2.31. The fourth-order valence-electron chi connectivity index (χ4n) is 5.70. The monoisotopic (exact) mass is 736 g/mol. The zero-order chi connectivity index (χ0) is 37.8. The lowest BCUT2D eigenvalue weighted by Gasteiger charge is -2.15. The lowest BCUT2D eigenvalue weighted by Crippen LogP contribution is -2.19. The van der Waals surface area contributed by atoms with E-state index in [1.165, 1.54) is 0 Å². The van der Waals surface area contributed by atoms with E-state index in [0.29, 0.717) is 76.5 Å². The van der Waals surface area contributed by atoms with Gasteiger partial charge in [0.1, 0.15) is 26.4 Å². The quantitative estimate of drug-likeness (QED) is 0.0533. The summed E-state index contributed by atoms with van der Waals surface area (Å²) in [6.45, 7) is 4.47. The topological polar surface area (TPSA) is 90.8 Å². The van der Waals surface area contributed by atoms with Crippen molar-refractivity contribution < 1.29 is 28.8 Å². The van der Waals surface area contributed by atoms with Crippen molar-refractivity contribution in [2.75, 3.05) is 26.3 Å². The van der Waals surface area contributed by atoms with E-state index in [1.807, 2.05) is 109 Å². The molecule has 6 aromatic carbocycles. The molecule has 0 atom stereocenters. The molecule has 0 bridgehead atoms. The summed E-state index contributed by atoms with van der Waals surface area (Å²) in [5.41, 5.74) is 7.32. The second-order valence-corrected chi connectivity index (χ2v) is 12.9. The first-order chi connectivity index (χ1) is 27.2. The molecule has 0 amide bonds. The van der Waals surface area contributed by atoms with Crippen molar-refractivity contribution in [3.63, 3.8) is 0 Å². The number of benzene rings is 6. The Bertz CT molecular complexity index is 2040. The molecule has 8 heteroatoms. The van der Waals surface area contributed by atoms with Gasteiger partial charge in [0.2, 0.25) is 0 Å². The van der Waals surface area contributed by atoms with Gasteiger partial charge in [0.15, 0.2) is 23.0 Å². The molecule has 0 aromatic heterocycles. The molecule has 0 saturated carbocycles. The summed E-state index contributed by atoms with van der Waals surface area (Å²) in [6.07, 6.45) is 1.73. The maximum Gasteiger partial charge on any atom is 0.162 e. The minimum Gasteiger partial charge on any atom is -0.485 e. The van der Waals surface area contributed by atoms with E-state index in [-0.39, 0.29) is 6.61 Å². The molecule has 6 aromatic rings. The zero-order valence-electron chi connectivity index (χ0n) is 31.0. The summed E-state index contributed by atoms with van der Waals surface area (Å²) in [4.78, 5) is 4.26. The van der Waals surface area contributed by atoms with Gasteiger partial charge in [0.05, 0.1) is 26.4 Å². The SMILES string of the molecule is OCCN=Cc1ccc(OCc2ccccc2)c(OCc2cccc(COCCNCc3ccc(OCc4ccccc4)c(OCc4ccccc4)c3)c2)c1. The van der Waals surface area contributed by atoms with Gasteiger partial charge in [-0.15, -0.1) is 0 Å². The van der Waals surface area contributed by atoms with Gasteiger partial charge in [0.25, 0.3) is 0 Å². The highest BCUT2D eigenvalue weighted by atomic mass is 16.5. The fourth-order valence-corrected chi connectivity index (χ4v) is 5.70. The van der Waals surface area contributed by atoms with Crippen molar-refractivity contribution in [2.24, 2.45) is 4.99 Å². The third-order valence-electron chi connectivity index (χ3n) is 8.56. The molecule has 0 aliphatic rings. The van der Waals surface area contributed by atoms with Gasteiger partial charge >= 0.3 is 0 Å². The minimum atomic E-state index is 0.00197. The Morgan fingerprint density at radius 2 is 0.982 bits per heavy atom. The van der Waals surface area contributed by atoms with Crippen LogP contribution in [-0.2, 0) is 44.3 Å². The van der Waals surface area contributed by atoms with Crippen LogP contribution < -0.4 is 24.3 Å². The predicted octanol–water partition coefficient (Wildman–Crippen LogP) is 8.72. The summed E-state index contributed by atoms with van der Waals surface area (Å²) < 4.78 is 30.9. The van der Waals surface area contributed by atoms with Crippen molar-refractivity contribution in [2.45, 2.75) is 39.6 Å². The molecule has 55 heavy (non-hydrogen) atoms. The number of aliphatic hydroxyl groups excluding tert-OH is 1. The molecular weight excluding hydrogens is 689 g/mol. The van der Waals surface area contributed by atoms with Gasteiger partial charge in [-0.05, 0) is 69.3 Å². The molecule has 6 rings (SSSR count). The van der Waals surface area contributed by atoms with Crippen LogP contribution >= 0.6 is 0 Å². The Labute approximate surface area is 324 Å². The molecule has 0 aliphatic carbocycles. The Morgan fingerprint density at radius 3 is 1.58 bits per heavy atom. The highest BCUT2D eigenvalue weighted by molar-refractivity contribution is 5.81. The van der Waals surface area contributed by atoms with Gasteiger partial charge in [-0.1, -0.05) is 121 Å². The first kappa shape index (κ1) is 38.8. The number of ether oxygens (including phenoxy) is 5. The summed E-state index contributed by atoms with van der Waals surface area (Å²) in [7, 11) is 0. The molecule has 2 N–H and O–H groups in total. The van der Waals surface area contributed by atoms with Crippen LogP contribution in [0.4, 0.5) is 0 Å². The summed E-state index contributed by atoms with van der Waals surface area (Å²) in [6, 6.07) is 50.3. The van der Waals surface area contributed by atoms with Gasteiger partial charge in [-0.3, -0.25) is 4.99 Å². The maximum atomic E-state index is 9.11. The van der Waals surface area contributed by atoms with Crippen LogP contribution in [0.25, 0.3) is 0 Å². The van der Waals surface area contributed by atoms with Crippen LogP contribution in [0.1, 0.15) is 38.9 Å². The Hall–Kier alpha value is -5.93. The normalized spacial score (nSPS) is 11.1. The number of hydrogen-bond acceptors (Lipinski definition) is 8. The van der Waals surface area contributed by atoms with Crippen molar-refractivity contribution in [3.05, 3.63) is 191 Å². The molecule has 0 heterocycles. The van der Waals surface area contributed by atoms with Crippen molar-refractivity contribution >= 4 is 6.21 Å². The number of aliphatic imine (C=N–C) groups is 1. The van der Waals surface area contributed by atoms with Crippen LogP contribution in [-0.4, -0.2) is 37.6 Å². The smallest absolute Gasteiger partial charge is 0.162 e. The third-order valence-corrected chi connectivity index (χ3v) is 8.56. The van der Waals surface area contributed by atoms with Gasteiger partial charge in [0, 0.05) is 19.3 Å². The Morgan fingerprint density at radius 1 is 0.473 bits per heavy atom. The van der Waals surface area contributed by atoms with Crippen molar-refractivity contribution in [1.82, 2.24) is 5.32 Å². The van der Waals surface area contributed by atoms with E-state index in [2.05, 4.69) is 52.8 Å².